The van der Waals surface area contributed by atoms with Gasteiger partial charge < -0.3 is 14.6 Å². The van der Waals surface area contributed by atoms with Gasteiger partial charge in [0.2, 0.25) is 0 Å². The van der Waals surface area contributed by atoms with Crippen LogP contribution in [0.4, 0.5) is 0 Å². The first-order chi connectivity index (χ1) is 13.1. The van der Waals surface area contributed by atoms with E-state index >= 15 is 0 Å². The number of methoxy groups -OCH3 is 2. The number of aliphatic carboxylic acids is 1. The number of likely N-dealkylation sites (tertiary alicyclic amines) is 1. The molecule has 1 heterocycles. The molecule has 6 heteroatoms. The molecule has 0 amide bonds. The minimum Gasteiger partial charge on any atom is -0.496 e. The van der Waals surface area contributed by atoms with Crippen molar-refractivity contribution >= 4 is 17.6 Å². The molecule has 5 nitrogen and oxygen atoms in total. The van der Waals surface area contributed by atoms with Crippen molar-refractivity contribution in [2.45, 2.75) is 31.3 Å². The Morgan fingerprint density at radius 1 is 1.11 bits per heavy atom. The monoisotopic (exact) mass is 389 g/mol. The van der Waals surface area contributed by atoms with Crippen molar-refractivity contribution in [2.24, 2.45) is 0 Å². The molecule has 27 heavy (non-hydrogen) atoms. The number of nitrogens with zero attached hydrogens (tertiary/aromatic N) is 1. The van der Waals surface area contributed by atoms with E-state index in [-0.39, 0.29) is 6.04 Å². The highest BCUT2D eigenvalue weighted by atomic mass is 35.5. The van der Waals surface area contributed by atoms with Gasteiger partial charge in [-0.15, -0.1) is 0 Å². The average molecular weight is 390 g/mol. The number of para-hydroxylation sites is 1. The molecule has 144 valence electrons. The Morgan fingerprint density at radius 2 is 1.81 bits per heavy atom. The number of piperidine rings is 1. The van der Waals surface area contributed by atoms with Gasteiger partial charge in [-0.3, -0.25) is 9.69 Å². The fourth-order valence-corrected chi connectivity index (χ4v) is 4.04. The Kier molecular flexibility index (Phi) is 6.24. The summed E-state index contributed by atoms with van der Waals surface area (Å²) in [6.45, 7) is 0.676. The van der Waals surface area contributed by atoms with Gasteiger partial charge >= 0.3 is 5.97 Å². The molecule has 2 unspecified atom stereocenters. The van der Waals surface area contributed by atoms with E-state index in [0.29, 0.717) is 29.5 Å². The topological polar surface area (TPSA) is 59.0 Å². The third kappa shape index (κ3) is 4.04. The highest BCUT2D eigenvalue weighted by Crippen LogP contribution is 2.42. The molecule has 3 rings (SSSR count). The molecule has 1 aliphatic rings. The Labute approximate surface area is 164 Å². The van der Waals surface area contributed by atoms with Crippen molar-refractivity contribution in [3.63, 3.8) is 0 Å². The maximum absolute atomic E-state index is 12.0. The number of carboxylic acid groups (broad SMARTS) is 1. The highest BCUT2D eigenvalue weighted by molar-refractivity contribution is 6.30. The van der Waals surface area contributed by atoms with Gasteiger partial charge in [0.15, 0.2) is 0 Å². The molecule has 0 saturated carbocycles. The van der Waals surface area contributed by atoms with Gasteiger partial charge in [0.25, 0.3) is 0 Å². The molecule has 1 N–H and O–H groups in total. The fraction of sp³-hybridized carbons (Fsp3) is 0.381. The number of carbonyl (C=O) groups is 1. The standard InChI is InChI=1S/C21H24ClNO4/c1-26-18-9-4-3-7-15(18)20(16-13-14(22)10-11-19(16)27-2)23-12-6-5-8-17(23)21(24)25/h3-4,7,9-11,13,17,20H,5-6,8,12H2,1-2H3,(H,24,25). The van der Waals surface area contributed by atoms with E-state index in [1.807, 2.05) is 41.3 Å². The quantitative estimate of drug-likeness (QED) is 0.794. The summed E-state index contributed by atoms with van der Waals surface area (Å²) in [5.41, 5.74) is 1.73. The summed E-state index contributed by atoms with van der Waals surface area (Å²) in [5, 5.41) is 10.4. The maximum Gasteiger partial charge on any atom is 0.320 e. The smallest absolute Gasteiger partial charge is 0.320 e. The average Bonchev–Trinajstić information content (AvgIpc) is 2.69. The summed E-state index contributed by atoms with van der Waals surface area (Å²) in [7, 11) is 3.23. The number of carboxylic acids is 1. The van der Waals surface area contributed by atoms with Crippen LogP contribution in [0, 0.1) is 0 Å². The van der Waals surface area contributed by atoms with Crippen molar-refractivity contribution in [3.05, 3.63) is 58.6 Å². The minimum atomic E-state index is -0.810. The van der Waals surface area contributed by atoms with Crippen LogP contribution in [-0.2, 0) is 4.79 Å². The molecule has 2 aromatic rings. The van der Waals surface area contributed by atoms with E-state index in [0.717, 1.165) is 24.0 Å². The number of hydrogen-bond donors (Lipinski definition) is 1. The third-order valence-corrected chi connectivity index (χ3v) is 5.32. The van der Waals surface area contributed by atoms with Crippen LogP contribution in [0.2, 0.25) is 5.02 Å². The van der Waals surface area contributed by atoms with E-state index in [2.05, 4.69) is 0 Å². The van der Waals surface area contributed by atoms with Crippen LogP contribution in [0.1, 0.15) is 36.4 Å². The zero-order chi connectivity index (χ0) is 19.4. The zero-order valence-electron chi connectivity index (χ0n) is 15.5. The summed E-state index contributed by atoms with van der Waals surface area (Å²) in [6, 6.07) is 12.2. The molecule has 2 atom stereocenters. The third-order valence-electron chi connectivity index (χ3n) is 5.08. The molecule has 2 aromatic carbocycles. The molecular weight excluding hydrogens is 366 g/mol. The van der Waals surface area contributed by atoms with Crippen molar-refractivity contribution in [1.82, 2.24) is 4.90 Å². The maximum atomic E-state index is 12.0. The summed E-state index contributed by atoms with van der Waals surface area (Å²) >= 11 is 6.30. The molecular formula is C21H24ClNO4. The zero-order valence-corrected chi connectivity index (χ0v) is 16.3. The van der Waals surface area contributed by atoms with Gasteiger partial charge in [-0.25, -0.2) is 0 Å². The second kappa shape index (κ2) is 8.63. The molecule has 1 saturated heterocycles. The fourth-order valence-electron chi connectivity index (χ4n) is 3.86. The lowest BCUT2D eigenvalue weighted by Gasteiger charge is -2.40. The summed E-state index contributed by atoms with van der Waals surface area (Å²) in [6.07, 6.45) is 2.46. The van der Waals surface area contributed by atoms with Gasteiger partial charge in [0, 0.05) is 16.1 Å². The molecule has 0 bridgehead atoms. The van der Waals surface area contributed by atoms with Gasteiger partial charge in [-0.2, -0.15) is 0 Å². The first kappa shape index (κ1) is 19.5. The van der Waals surface area contributed by atoms with Crippen LogP contribution in [0.3, 0.4) is 0 Å². The van der Waals surface area contributed by atoms with Crippen molar-refractivity contribution < 1.29 is 19.4 Å². The van der Waals surface area contributed by atoms with Crippen LogP contribution in [0.15, 0.2) is 42.5 Å². The summed E-state index contributed by atoms with van der Waals surface area (Å²) in [5.74, 6) is 0.569. The lowest BCUT2D eigenvalue weighted by Crippen LogP contribution is -2.47. The summed E-state index contributed by atoms with van der Waals surface area (Å²) < 4.78 is 11.2. The van der Waals surface area contributed by atoms with Crippen molar-refractivity contribution in [3.8, 4) is 11.5 Å². The second-order valence-corrected chi connectivity index (χ2v) is 7.05. The normalized spacial score (nSPS) is 18.7. The molecule has 0 radical (unpaired) electrons. The number of rotatable bonds is 6. The van der Waals surface area contributed by atoms with Crippen LogP contribution in [0.25, 0.3) is 0 Å². The Bertz CT molecular complexity index is 811. The van der Waals surface area contributed by atoms with E-state index in [1.165, 1.54) is 0 Å². The number of benzene rings is 2. The largest absolute Gasteiger partial charge is 0.496 e. The van der Waals surface area contributed by atoms with E-state index in [1.54, 1.807) is 20.3 Å². The first-order valence-corrected chi connectivity index (χ1v) is 9.39. The molecule has 0 aromatic heterocycles. The molecule has 0 aliphatic carbocycles. The van der Waals surface area contributed by atoms with E-state index < -0.39 is 12.0 Å². The SMILES string of the molecule is COc1ccccc1C(c1cc(Cl)ccc1OC)N1CCCCC1C(=O)O. The lowest BCUT2D eigenvalue weighted by molar-refractivity contribution is -0.145. The number of halogens is 1. The van der Waals surface area contributed by atoms with E-state index in [9.17, 15) is 9.90 Å². The minimum absolute atomic E-state index is 0.337. The van der Waals surface area contributed by atoms with Crippen LogP contribution >= 0.6 is 11.6 Å². The van der Waals surface area contributed by atoms with Gasteiger partial charge in [0.1, 0.15) is 17.5 Å². The second-order valence-electron chi connectivity index (χ2n) is 6.62. The van der Waals surface area contributed by atoms with Crippen molar-refractivity contribution in [2.75, 3.05) is 20.8 Å². The Hall–Kier alpha value is -2.24. The van der Waals surface area contributed by atoms with Gasteiger partial charge in [0.05, 0.1) is 20.3 Å². The Balaban J connectivity index is 2.21. The highest BCUT2D eigenvalue weighted by Gasteiger charge is 2.37. The van der Waals surface area contributed by atoms with E-state index in [4.69, 9.17) is 21.1 Å². The number of ether oxygens (including phenoxy) is 2. The van der Waals surface area contributed by atoms with Crippen molar-refractivity contribution in [1.29, 1.82) is 0 Å². The summed E-state index contributed by atoms with van der Waals surface area (Å²) in [4.78, 5) is 14.0. The first-order valence-electron chi connectivity index (χ1n) is 9.01. The van der Waals surface area contributed by atoms with Crippen LogP contribution < -0.4 is 9.47 Å². The predicted octanol–water partition coefficient (Wildman–Crippen LogP) is 4.39. The van der Waals surface area contributed by atoms with Gasteiger partial charge in [-0.1, -0.05) is 36.2 Å². The molecule has 1 aliphatic heterocycles. The lowest BCUT2D eigenvalue weighted by atomic mass is 9.90. The Morgan fingerprint density at radius 3 is 2.52 bits per heavy atom. The van der Waals surface area contributed by atoms with Crippen LogP contribution in [0.5, 0.6) is 11.5 Å². The molecule has 1 fully saturated rings. The predicted molar refractivity (Wildman–Crippen MR) is 105 cm³/mol. The van der Waals surface area contributed by atoms with Crippen LogP contribution in [-0.4, -0.2) is 42.8 Å². The number of hydrogen-bond acceptors (Lipinski definition) is 4. The molecule has 0 spiro atoms. The van der Waals surface area contributed by atoms with Gasteiger partial charge in [-0.05, 0) is 43.7 Å².